The van der Waals surface area contributed by atoms with E-state index in [1.807, 2.05) is 13.8 Å². The lowest BCUT2D eigenvalue weighted by molar-refractivity contribution is -0.299. The lowest BCUT2D eigenvalue weighted by atomic mass is 9.67. The molecule has 5 unspecified atom stereocenters. The van der Waals surface area contributed by atoms with Gasteiger partial charge in [-0.1, -0.05) is 32.9 Å². The van der Waals surface area contributed by atoms with Crippen LogP contribution in [-0.2, 0) is 4.74 Å². The van der Waals surface area contributed by atoms with Crippen molar-refractivity contribution in [1.29, 1.82) is 0 Å². The van der Waals surface area contributed by atoms with Crippen LogP contribution in [0.15, 0.2) is 23.3 Å². The Morgan fingerprint density at radius 2 is 1.85 bits per heavy atom. The first-order chi connectivity index (χ1) is 9.07. The third kappa shape index (κ3) is 1.30. The van der Waals surface area contributed by atoms with Crippen molar-refractivity contribution in [3.8, 4) is 0 Å². The second-order valence-electron chi connectivity index (χ2n) is 7.04. The summed E-state index contributed by atoms with van der Waals surface area (Å²) in [5, 5.41) is 42.7. The van der Waals surface area contributed by atoms with Gasteiger partial charge in [-0.25, -0.2) is 0 Å². The fourth-order valence-electron chi connectivity index (χ4n) is 3.96. The molecule has 0 bridgehead atoms. The molecule has 5 nitrogen and oxygen atoms in total. The minimum Gasteiger partial charge on any atom is -0.388 e. The number of hydrogen-bond donors (Lipinski definition) is 4. The Morgan fingerprint density at radius 3 is 2.45 bits per heavy atom. The fourth-order valence-corrected chi connectivity index (χ4v) is 3.96. The summed E-state index contributed by atoms with van der Waals surface area (Å²) in [5.41, 5.74) is -0.932. The molecule has 4 N–H and O–H groups in total. The fraction of sp³-hybridized carbons (Fsp3) is 0.733. The number of ether oxygens (including phenoxy) is 1. The van der Waals surface area contributed by atoms with Gasteiger partial charge in [0.05, 0.1) is 12.7 Å². The SMILES string of the molecule is C=C1COC2(O)C(O)C(C)C3=C(C(O)C(C)(C)C3)C12O. The highest BCUT2D eigenvalue weighted by Crippen LogP contribution is 2.59. The maximum absolute atomic E-state index is 11.0. The molecule has 1 fully saturated rings. The van der Waals surface area contributed by atoms with E-state index in [-0.39, 0.29) is 12.2 Å². The average Bonchev–Trinajstić information content (AvgIpc) is 2.75. The maximum atomic E-state index is 11.0. The van der Waals surface area contributed by atoms with Gasteiger partial charge in [-0.3, -0.25) is 0 Å². The van der Waals surface area contributed by atoms with Crippen molar-refractivity contribution in [2.24, 2.45) is 11.3 Å². The summed E-state index contributed by atoms with van der Waals surface area (Å²) >= 11 is 0. The Labute approximate surface area is 118 Å². The minimum absolute atomic E-state index is 0.0410. The summed E-state index contributed by atoms with van der Waals surface area (Å²) in [5.74, 6) is -2.53. The Bertz CT molecular complexity index is 522. The molecule has 0 aromatic rings. The van der Waals surface area contributed by atoms with Crippen LogP contribution in [0.3, 0.4) is 0 Å². The van der Waals surface area contributed by atoms with E-state index in [0.29, 0.717) is 12.0 Å². The summed E-state index contributed by atoms with van der Waals surface area (Å²) in [7, 11) is 0. The third-order valence-electron chi connectivity index (χ3n) is 5.32. The number of aliphatic hydroxyl groups excluding tert-OH is 2. The normalized spacial score (nSPS) is 50.4. The summed E-state index contributed by atoms with van der Waals surface area (Å²) in [6.07, 6.45) is -1.60. The molecule has 0 spiro atoms. The molecule has 0 aromatic carbocycles. The lowest BCUT2D eigenvalue weighted by Crippen LogP contribution is -2.65. The lowest BCUT2D eigenvalue weighted by Gasteiger charge is -2.48. The van der Waals surface area contributed by atoms with Gasteiger partial charge in [-0.2, -0.15) is 0 Å². The van der Waals surface area contributed by atoms with Crippen LogP contribution in [0.1, 0.15) is 27.2 Å². The van der Waals surface area contributed by atoms with Crippen molar-refractivity contribution in [2.45, 2.75) is 50.8 Å². The predicted molar refractivity (Wildman–Crippen MR) is 71.6 cm³/mol. The molecular formula is C15H22O5. The van der Waals surface area contributed by atoms with Crippen molar-refractivity contribution in [2.75, 3.05) is 6.61 Å². The first kappa shape index (κ1) is 14.2. The van der Waals surface area contributed by atoms with Gasteiger partial charge in [-0.15, -0.1) is 0 Å². The zero-order valence-corrected chi connectivity index (χ0v) is 12.1. The van der Waals surface area contributed by atoms with Gasteiger partial charge < -0.3 is 25.2 Å². The van der Waals surface area contributed by atoms with Crippen LogP contribution in [0.4, 0.5) is 0 Å². The molecule has 3 rings (SSSR count). The minimum atomic E-state index is -2.14. The van der Waals surface area contributed by atoms with Crippen LogP contribution in [0, 0.1) is 11.3 Å². The monoisotopic (exact) mass is 282 g/mol. The summed E-state index contributed by atoms with van der Waals surface area (Å²) < 4.78 is 5.28. The van der Waals surface area contributed by atoms with Crippen LogP contribution in [0.25, 0.3) is 0 Å². The van der Waals surface area contributed by atoms with E-state index in [1.54, 1.807) is 6.92 Å². The highest BCUT2D eigenvalue weighted by atomic mass is 16.7. The zero-order valence-electron chi connectivity index (χ0n) is 12.1. The van der Waals surface area contributed by atoms with Gasteiger partial charge in [-0.05, 0) is 23.0 Å². The first-order valence-electron chi connectivity index (χ1n) is 6.94. The molecule has 3 aliphatic rings. The van der Waals surface area contributed by atoms with Gasteiger partial charge in [0, 0.05) is 5.92 Å². The Hall–Kier alpha value is -0.720. The molecule has 0 saturated carbocycles. The Kier molecular flexibility index (Phi) is 2.65. The van der Waals surface area contributed by atoms with Crippen molar-refractivity contribution in [3.63, 3.8) is 0 Å². The highest BCUT2D eigenvalue weighted by Gasteiger charge is 2.70. The van der Waals surface area contributed by atoms with Crippen LogP contribution in [0.5, 0.6) is 0 Å². The molecule has 5 atom stereocenters. The number of hydrogen-bond acceptors (Lipinski definition) is 5. The zero-order chi connectivity index (χ0) is 15.1. The van der Waals surface area contributed by atoms with E-state index in [9.17, 15) is 20.4 Å². The van der Waals surface area contributed by atoms with Gasteiger partial charge in [0.1, 0.15) is 6.10 Å². The average molecular weight is 282 g/mol. The van der Waals surface area contributed by atoms with E-state index in [4.69, 9.17) is 4.74 Å². The molecule has 20 heavy (non-hydrogen) atoms. The standard InChI is InChI=1S/C15H22O5/c1-7-6-20-15(19)11(16)8(2)9-5-13(3,4)12(17)10(9)14(7,15)18/h8,11-12,16-19H,1,5-6H2,2-4H3. The van der Waals surface area contributed by atoms with Gasteiger partial charge >= 0.3 is 0 Å². The van der Waals surface area contributed by atoms with Crippen LogP contribution in [0.2, 0.25) is 0 Å². The number of rotatable bonds is 0. The van der Waals surface area contributed by atoms with E-state index in [2.05, 4.69) is 6.58 Å². The van der Waals surface area contributed by atoms with Crippen molar-refractivity contribution in [1.82, 2.24) is 0 Å². The Balaban J connectivity index is 2.26. The molecule has 1 heterocycles. The maximum Gasteiger partial charge on any atom is 0.231 e. The van der Waals surface area contributed by atoms with E-state index in [0.717, 1.165) is 5.57 Å². The van der Waals surface area contributed by atoms with E-state index in [1.165, 1.54) is 0 Å². The van der Waals surface area contributed by atoms with E-state index < -0.39 is 34.9 Å². The molecule has 2 aliphatic carbocycles. The van der Waals surface area contributed by atoms with Gasteiger partial charge in [0.2, 0.25) is 5.79 Å². The number of aliphatic hydroxyl groups is 4. The molecule has 112 valence electrons. The number of fused-ring (bicyclic) bond motifs is 2. The highest BCUT2D eigenvalue weighted by molar-refractivity contribution is 5.51. The molecular weight excluding hydrogens is 260 g/mol. The smallest absolute Gasteiger partial charge is 0.231 e. The van der Waals surface area contributed by atoms with E-state index >= 15 is 0 Å². The molecule has 0 aromatic heterocycles. The Morgan fingerprint density at radius 1 is 1.25 bits per heavy atom. The topological polar surface area (TPSA) is 90.2 Å². The van der Waals surface area contributed by atoms with Crippen LogP contribution >= 0.6 is 0 Å². The molecule has 0 radical (unpaired) electrons. The van der Waals surface area contributed by atoms with Crippen molar-refractivity contribution in [3.05, 3.63) is 23.3 Å². The molecule has 5 heteroatoms. The van der Waals surface area contributed by atoms with Crippen molar-refractivity contribution >= 4 is 0 Å². The van der Waals surface area contributed by atoms with Gasteiger partial charge in [0.25, 0.3) is 0 Å². The second kappa shape index (κ2) is 3.72. The van der Waals surface area contributed by atoms with Crippen LogP contribution < -0.4 is 0 Å². The van der Waals surface area contributed by atoms with Crippen LogP contribution in [-0.4, -0.2) is 50.6 Å². The van der Waals surface area contributed by atoms with Crippen molar-refractivity contribution < 1.29 is 25.2 Å². The molecule has 1 aliphatic heterocycles. The quantitative estimate of drug-likeness (QED) is 0.473. The largest absolute Gasteiger partial charge is 0.388 e. The third-order valence-corrected chi connectivity index (χ3v) is 5.32. The predicted octanol–water partition coefficient (Wildman–Crippen LogP) is 0.0905. The summed E-state index contributed by atoms with van der Waals surface area (Å²) in [4.78, 5) is 0. The molecule has 0 amide bonds. The second-order valence-corrected chi connectivity index (χ2v) is 7.04. The van der Waals surface area contributed by atoms with Gasteiger partial charge in [0.15, 0.2) is 5.60 Å². The first-order valence-corrected chi connectivity index (χ1v) is 6.94. The summed E-state index contributed by atoms with van der Waals surface area (Å²) in [6, 6.07) is 0. The summed E-state index contributed by atoms with van der Waals surface area (Å²) in [6.45, 7) is 9.30. The molecule has 1 saturated heterocycles.